The van der Waals surface area contributed by atoms with E-state index in [0.29, 0.717) is 23.7 Å². The fourth-order valence-corrected chi connectivity index (χ4v) is 1.74. The number of furan rings is 1. The van der Waals surface area contributed by atoms with E-state index >= 15 is 0 Å². The van der Waals surface area contributed by atoms with Gasteiger partial charge in [0.25, 0.3) is 5.91 Å². The summed E-state index contributed by atoms with van der Waals surface area (Å²) in [6, 6.07) is 9.70. The van der Waals surface area contributed by atoms with Crippen molar-refractivity contribution in [2.45, 2.75) is 6.61 Å². The highest BCUT2D eigenvalue weighted by Gasteiger charge is 2.11. The Morgan fingerprint density at radius 1 is 1.05 bits per heavy atom. The largest absolute Gasteiger partial charge is 0.453 e. The molecule has 3 N–H and O–H groups in total. The van der Waals surface area contributed by atoms with E-state index in [-0.39, 0.29) is 17.7 Å². The maximum Gasteiger partial charge on any atom is 0.318 e. The van der Waals surface area contributed by atoms with Crippen molar-refractivity contribution >= 4 is 23.3 Å². The van der Waals surface area contributed by atoms with Gasteiger partial charge >= 0.3 is 6.03 Å². The number of carbonyl (C=O) groups excluding carboxylic acids is 2. The molecule has 7 heteroatoms. The van der Waals surface area contributed by atoms with E-state index in [9.17, 15) is 9.59 Å². The van der Waals surface area contributed by atoms with Gasteiger partial charge in [-0.25, -0.2) is 4.79 Å². The molecule has 0 atom stereocenters. The second kappa shape index (κ2) is 7.28. The number of amides is 3. The number of ether oxygens (including phenoxy) is 1. The molecular weight excluding hydrogens is 286 g/mol. The van der Waals surface area contributed by atoms with Gasteiger partial charge in [-0.1, -0.05) is 0 Å². The van der Waals surface area contributed by atoms with Crippen molar-refractivity contribution < 1.29 is 18.7 Å². The van der Waals surface area contributed by atoms with Crippen molar-refractivity contribution in [3.05, 3.63) is 47.9 Å². The second-order valence-corrected chi connectivity index (χ2v) is 4.43. The van der Waals surface area contributed by atoms with Crippen LogP contribution in [0.2, 0.25) is 0 Å². The smallest absolute Gasteiger partial charge is 0.318 e. The lowest BCUT2D eigenvalue weighted by atomic mass is 10.2. The molecular formula is C15H17N3O4. The number of benzene rings is 1. The molecule has 0 aliphatic heterocycles. The number of hydrogen-bond acceptors (Lipinski definition) is 4. The monoisotopic (exact) mass is 303 g/mol. The van der Waals surface area contributed by atoms with Gasteiger partial charge in [-0.2, -0.15) is 0 Å². The minimum atomic E-state index is -0.352. The van der Waals surface area contributed by atoms with Crippen LogP contribution in [0.25, 0.3) is 0 Å². The fraction of sp³-hybridized carbons (Fsp3) is 0.200. The van der Waals surface area contributed by atoms with Crippen LogP contribution in [0.5, 0.6) is 0 Å². The number of anilines is 2. The third kappa shape index (κ3) is 4.10. The van der Waals surface area contributed by atoms with Crippen LogP contribution in [0.3, 0.4) is 0 Å². The zero-order valence-electron chi connectivity index (χ0n) is 12.3. The maximum absolute atomic E-state index is 12.0. The summed E-state index contributed by atoms with van der Waals surface area (Å²) in [5, 5.41) is 7.78. The third-order valence-corrected chi connectivity index (χ3v) is 2.80. The highest BCUT2D eigenvalue weighted by molar-refractivity contribution is 6.02. The normalized spacial score (nSPS) is 10.1. The predicted molar refractivity (Wildman–Crippen MR) is 81.9 cm³/mol. The van der Waals surface area contributed by atoms with Crippen molar-refractivity contribution in [3.63, 3.8) is 0 Å². The quantitative estimate of drug-likeness (QED) is 0.791. The first-order valence-electron chi connectivity index (χ1n) is 6.60. The SMILES string of the molecule is CNC(=O)Nc1ccc(NC(=O)c2ccc(COC)o2)cc1. The van der Waals surface area contributed by atoms with Gasteiger partial charge in [-0.3, -0.25) is 4.79 Å². The molecule has 0 aliphatic rings. The van der Waals surface area contributed by atoms with Crippen LogP contribution in [-0.2, 0) is 11.3 Å². The molecule has 1 heterocycles. The minimum absolute atomic E-state index is 0.208. The average molecular weight is 303 g/mol. The van der Waals surface area contributed by atoms with Crippen molar-refractivity contribution in [2.75, 3.05) is 24.8 Å². The average Bonchev–Trinajstić information content (AvgIpc) is 2.98. The third-order valence-electron chi connectivity index (χ3n) is 2.80. The topological polar surface area (TPSA) is 92.6 Å². The molecule has 22 heavy (non-hydrogen) atoms. The number of nitrogens with one attached hydrogen (secondary N) is 3. The number of urea groups is 1. The highest BCUT2D eigenvalue weighted by Crippen LogP contribution is 2.16. The summed E-state index contributed by atoms with van der Waals surface area (Å²) in [6.45, 7) is 0.313. The van der Waals surface area contributed by atoms with Gasteiger partial charge in [0.2, 0.25) is 0 Å². The molecule has 0 radical (unpaired) electrons. The van der Waals surface area contributed by atoms with Crippen molar-refractivity contribution in [1.29, 1.82) is 0 Å². The molecule has 0 spiro atoms. The van der Waals surface area contributed by atoms with Gasteiger partial charge in [0, 0.05) is 25.5 Å². The molecule has 0 saturated carbocycles. The van der Waals surface area contributed by atoms with Crippen LogP contribution in [0.4, 0.5) is 16.2 Å². The molecule has 0 aliphatic carbocycles. The summed E-state index contributed by atoms with van der Waals surface area (Å²) < 4.78 is 10.3. The van der Waals surface area contributed by atoms with Crippen molar-refractivity contribution in [3.8, 4) is 0 Å². The van der Waals surface area contributed by atoms with E-state index in [2.05, 4.69) is 16.0 Å². The van der Waals surface area contributed by atoms with Crippen molar-refractivity contribution in [2.24, 2.45) is 0 Å². The van der Waals surface area contributed by atoms with Crippen LogP contribution in [-0.4, -0.2) is 26.1 Å². The van der Waals surface area contributed by atoms with E-state index in [1.807, 2.05) is 0 Å². The van der Waals surface area contributed by atoms with Gasteiger partial charge in [0.1, 0.15) is 12.4 Å². The van der Waals surface area contributed by atoms with Gasteiger partial charge in [-0.05, 0) is 36.4 Å². The molecule has 1 aromatic carbocycles. The zero-order chi connectivity index (χ0) is 15.9. The van der Waals surface area contributed by atoms with Crippen LogP contribution in [0, 0.1) is 0 Å². The van der Waals surface area contributed by atoms with E-state index in [0.717, 1.165) is 0 Å². The minimum Gasteiger partial charge on any atom is -0.453 e. The molecule has 0 saturated heterocycles. The number of methoxy groups -OCH3 is 1. The number of rotatable bonds is 5. The van der Waals surface area contributed by atoms with Gasteiger partial charge < -0.3 is 25.1 Å². The van der Waals surface area contributed by atoms with E-state index in [4.69, 9.17) is 9.15 Å². The molecule has 2 aromatic rings. The summed E-state index contributed by atoms with van der Waals surface area (Å²) in [6.07, 6.45) is 0. The Kier molecular flexibility index (Phi) is 5.16. The fourth-order valence-electron chi connectivity index (χ4n) is 1.74. The van der Waals surface area contributed by atoms with Gasteiger partial charge in [-0.15, -0.1) is 0 Å². The summed E-state index contributed by atoms with van der Waals surface area (Å²) in [5.41, 5.74) is 1.22. The summed E-state index contributed by atoms with van der Waals surface area (Å²) >= 11 is 0. The summed E-state index contributed by atoms with van der Waals surface area (Å²) in [5.74, 6) is 0.437. The van der Waals surface area contributed by atoms with Crippen LogP contribution in [0.15, 0.2) is 40.8 Å². The lowest BCUT2D eigenvalue weighted by Gasteiger charge is -2.06. The first kappa shape index (κ1) is 15.6. The number of carbonyl (C=O) groups is 2. The Balaban J connectivity index is 1.97. The number of hydrogen-bond donors (Lipinski definition) is 3. The Morgan fingerprint density at radius 3 is 2.27 bits per heavy atom. The molecule has 1 aromatic heterocycles. The Labute approximate surface area is 127 Å². The molecule has 0 bridgehead atoms. The molecule has 3 amide bonds. The van der Waals surface area contributed by atoms with E-state index in [1.54, 1.807) is 43.5 Å². The predicted octanol–water partition coefficient (Wildman–Crippen LogP) is 2.43. The van der Waals surface area contributed by atoms with Crippen LogP contribution >= 0.6 is 0 Å². The maximum atomic E-state index is 12.0. The molecule has 2 rings (SSSR count). The van der Waals surface area contributed by atoms with Gasteiger partial charge in [0.05, 0.1) is 0 Å². The van der Waals surface area contributed by atoms with E-state index in [1.165, 1.54) is 7.05 Å². The first-order chi connectivity index (χ1) is 10.6. The summed E-state index contributed by atoms with van der Waals surface area (Å²) in [7, 11) is 3.09. The highest BCUT2D eigenvalue weighted by atomic mass is 16.5. The Hall–Kier alpha value is -2.80. The van der Waals surface area contributed by atoms with Crippen LogP contribution in [0.1, 0.15) is 16.3 Å². The second-order valence-electron chi connectivity index (χ2n) is 4.43. The van der Waals surface area contributed by atoms with E-state index < -0.39 is 0 Å². The zero-order valence-corrected chi connectivity index (χ0v) is 12.3. The van der Waals surface area contributed by atoms with Crippen LogP contribution < -0.4 is 16.0 Å². The molecule has 116 valence electrons. The molecule has 7 nitrogen and oxygen atoms in total. The van der Waals surface area contributed by atoms with Crippen molar-refractivity contribution in [1.82, 2.24) is 5.32 Å². The molecule has 0 fully saturated rings. The Bertz CT molecular complexity index is 649. The Morgan fingerprint density at radius 2 is 1.68 bits per heavy atom. The molecule has 0 unspecified atom stereocenters. The summed E-state index contributed by atoms with van der Waals surface area (Å²) in [4.78, 5) is 23.2. The lowest BCUT2D eigenvalue weighted by molar-refractivity contribution is 0.0987. The lowest BCUT2D eigenvalue weighted by Crippen LogP contribution is -2.24. The first-order valence-corrected chi connectivity index (χ1v) is 6.60. The van der Waals surface area contributed by atoms with Gasteiger partial charge in [0.15, 0.2) is 5.76 Å². The standard InChI is InChI=1S/C15H17N3O4/c1-16-15(20)18-11-5-3-10(4-6-11)17-14(19)13-8-7-12(22-13)9-21-2/h3-8H,9H2,1-2H3,(H,17,19)(H2,16,18,20).